The van der Waals surface area contributed by atoms with Crippen molar-refractivity contribution in [2.75, 3.05) is 12.5 Å². The molecule has 1 aliphatic carbocycles. The maximum atomic E-state index is 5.34. The van der Waals surface area contributed by atoms with E-state index in [-0.39, 0.29) is 0 Å². The summed E-state index contributed by atoms with van der Waals surface area (Å²) in [5.74, 6) is 6.21. The number of thiazole rings is 1. The Balaban J connectivity index is 1.89. The number of nitrogens with two attached hydrogens (primary N) is 1. The van der Waals surface area contributed by atoms with Gasteiger partial charge in [0.15, 0.2) is 5.13 Å². The number of aromatic nitrogens is 1. The van der Waals surface area contributed by atoms with E-state index >= 15 is 0 Å². The fraction of sp³-hybridized carbons (Fsp3) is 0.750. The molecule has 0 saturated heterocycles. The topological polar surface area (TPSA) is 54.2 Å². The summed E-state index contributed by atoms with van der Waals surface area (Å²) in [5.41, 5.74) is 2.60. The molecule has 1 saturated carbocycles. The van der Waals surface area contributed by atoms with Crippen molar-refractivity contribution in [2.24, 2.45) is 11.8 Å². The molecule has 0 aliphatic heterocycles. The third-order valence-corrected chi connectivity index (χ3v) is 4.53. The normalized spacial score (nSPS) is 25.2. The standard InChI is InChI=1S/C12H22N4S/c1-9-4-3-5-10(6-9)16(2)8-11-7-14-12(15-13)17-11/h7,9-10H,3-6,8,13H2,1-2H3,(H,14,15). The summed E-state index contributed by atoms with van der Waals surface area (Å²) in [6.45, 7) is 3.35. The van der Waals surface area contributed by atoms with Crippen LogP contribution in [0.15, 0.2) is 6.20 Å². The van der Waals surface area contributed by atoms with Gasteiger partial charge in [0.1, 0.15) is 0 Å². The highest BCUT2D eigenvalue weighted by molar-refractivity contribution is 7.15. The molecule has 0 radical (unpaired) electrons. The van der Waals surface area contributed by atoms with Crippen molar-refractivity contribution in [3.8, 4) is 0 Å². The van der Waals surface area contributed by atoms with Gasteiger partial charge in [-0.2, -0.15) is 0 Å². The van der Waals surface area contributed by atoms with Crippen molar-refractivity contribution in [1.29, 1.82) is 0 Å². The van der Waals surface area contributed by atoms with Gasteiger partial charge in [0.25, 0.3) is 0 Å². The molecular formula is C12H22N4S. The lowest BCUT2D eigenvalue weighted by Gasteiger charge is -2.33. The van der Waals surface area contributed by atoms with E-state index < -0.39 is 0 Å². The van der Waals surface area contributed by atoms with Crippen molar-refractivity contribution < 1.29 is 0 Å². The van der Waals surface area contributed by atoms with Gasteiger partial charge in [-0.25, -0.2) is 10.8 Å². The van der Waals surface area contributed by atoms with Crippen molar-refractivity contribution in [2.45, 2.75) is 45.2 Å². The van der Waals surface area contributed by atoms with Gasteiger partial charge in [0.2, 0.25) is 0 Å². The predicted octanol–water partition coefficient (Wildman–Crippen LogP) is 2.44. The smallest absolute Gasteiger partial charge is 0.197 e. The molecule has 2 unspecified atom stereocenters. The zero-order chi connectivity index (χ0) is 12.3. The van der Waals surface area contributed by atoms with Crippen LogP contribution in [0.4, 0.5) is 5.13 Å². The number of rotatable bonds is 4. The van der Waals surface area contributed by atoms with Crippen molar-refractivity contribution in [3.63, 3.8) is 0 Å². The Bertz CT molecular complexity index is 352. The van der Waals surface area contributed by atoms with Gasteiger partial charge in [0, 0.05) is 23.7 Å². The second-order valence-corrected chi connectivity index (χ2v) is 6.23. The van der Waals surface area contributed by atoms with Gasteiger partial charge < -0.3 is 0 Å². The molecule has 96 valence electrons. The second-order valence-electron chi connectivity index (χ2n) is 5.12. The fourth-order valence-electron chi connectivity index (χ4n) is 2.62. The van der Waals surface area contributed by atoms with Crippen LogP contribution in [0.5, 0.6) is 0 Å². The summed E-state index contributed by atoms with van der Waals surface area (Å²) in [4.78, 5) is 7.94. The highest BCUT2D eigenvalue weighted by Crippen LogP contribution is 2.28. The molecule has 1 aromatic rings. The van der Waals surface area contributed by atoms with Gasteiger partial charge in [-0.3, -0.25) is 10.3 Å². The highest BCUT2D eigenvalue weighted by Gasteiger charge is 2.22. The van der Waals surface area contributed by atoms with Crippen LogP contribution in [0.25, 0.3) is 0 Å². The van der Waals surface area contributed by atoms with Crippen LogP contribution in [0.2, 0.25) is 0 Å². The van der Waals surface area contributed by atoms with Crippen LogP contribution in [-0.4, -0.2) is 23.0 Å². The Labute approximate surface area is 107 Å². The molecule has 1 aromatic heterocycles. The average molecular weight is 254 g/mol. The first-order chi connectivity index (χ1) is 8.19. The van der Waals surface area contributed by atoms with Crippen LogP contribution in [-0.2, 0) is 6.54 Å². The molecule has 4 nitrogen and oxygen atoms in total. The van der Waals surface area contributed by atoms with Crippen molar-refractivity contribution in [3.05, 3.63) is 11.1 Å². The van der Waals surface area contributed by atoms with Gasteiger partial charge in [0.05, 0.1) is 0 Å². The lowest BCUT2D eigenvalue weighted by atomic mass is 9.86. The zero-order valence-electron chi connectivity index (χ0n) is 10.6. The molecule has 2 rings (SSSR count). The minimum absolute atomic E-state index is 0.732. The van der Waals surface area contributed by atoms with E-state index in [1.807, 2.05) is 6.20 Å². The van der Waals surface area contributed by atoms with E-state index in [1.54, 1.807) is 11.3 Å². The SMILES string of the molecule is CC1CCCC(N(C)Cc2cnc(NN)s2)C1. The molecule has 0 spiro atoms. The third-order valence-electron chi connectivity index (χ3n) is 3.61. The minimum atomic E-state index is 0.732. The third kappa shape index (κ3) is 3.40. The highest BCUT2D eigenvalue weighted by atomic mass is 32.1. The zero-order valence-corrected chi connectivity index (χ0v) is 11.5. The van der Waals surface area contributed by atoms with E-state index in [2.05, 4.69) is 29.3 Å². The van der Waals surface area contributed by atoms with Gasteiger partial charge in [-0.05, 0) is 25.8 Å². The molecule has 5 heteroatoms. The Hall–Kier alpha value is -0.650. The first-order valence-corrected chi connectivity index (χ1v) is 7.12. The molecule has 2 atom stereocenters. The molecule has 0 amide bonds. The Kier molecular flexibility index (Phi) is 4.36. The summed E-state index contributed by atoms with van der Waals surface area (Å²) in [5, 5.41) is 0.797. The second kappa shape index (κ2) is 5.80. The van der Waals surface area contributed by atoms with E-state index in [0.717, 1.165) is 23.6 Å². The molecular weight excluding hydrogens is 232 g/mol. The molecule has 3 N–H and O–H groups in total. The predicted molar refractivity (Wildman–Crippen MR) is 72.8 cm³/mol. The number of anilines is 1. The van der Waals surface area contributed by atoms with Crippen LogP contribution < -0.4 is 11.3 Å². The number of hydrogen-bond donors (Lipinski definition) is 2. The van der Waals surface area contributed by atoms with Crippen LogP contribution in [0, 0.1) is 5.92 Å². The molecule has 17 heavy (non-hydrogen) atoms. The number of nitrogens with one attached hydrogen (secondary N) is 1. The summed E-state index contributed by atoms with van der Waals surface area (Å²) in [6.07, 6.45) is 7.35. The first-order valence-electron chi connectivity index (χ1n) is 6.30. The summed E-state index contributed by atoms with van der Waals surface area (Å²) >= 11 is 1.64. The molecule has 0 aromatic carbocycles. The number of nitrogen functional groups attached to an aromatic ring is 1. The Morgan fingerprint density at radius 2 is 2.41 bits per heavy atom. The van der Waals surface area contributed by atoms with Gasteiger partial charge >= 0.3 is 0 Å². The number of hydrogen-bond acceptors (Lipinski definition) is 5. The van der Waals surface area contributed by atoms with E-state index in [1.165, 1.54) is 30.6 Å². The van der Waals surface area contributed by atoms with Gasteiger partial charge in [-0.15, -0.1) is 0 Å². The number of nitrogens with zero attached hydrogens (tertiary/aromatic N) is 2. The lowest BCUT2D eigenvalue weighted by molar-refractivity contribution is 0.159. The Morgan fingerprint density at radius 3 is 3.06 bits per heavy atom. The molecule has 1 heterocycles. The van der Waals surface area contributed by atoms with Gasteiger partial charge in [-0.1, -0.05) is 31.1 Å². The van der Waals surface area contributed by atoms with Crippen LogP contribution in [0.1, 0.15) is 37.5 Å². The summed E-state index contributed by atoms with van der Waals surface area (Å²) < 4.78 is 0. The monoisotopic (exact) mass is 254 g/mol. The number of hydrazine groups is 1. The van der Waals surface area contributed by atoms with E-state index in [0.29, 0.717) is 0 Å². The first kappa shape index (κ1) is 12.8. The van der Waals surface area contributed by atoms with E-state index in [4.69, 9.17) is 5.84 Å². The van der Waals surface area contributed by atoms with Crippen LogP contribution >= 0.6 is 11.3 Å². The van der Waals surface area contributed by atoms with Crippen molar-refractivity contribution in [1.82, 2.24) is 9.88 Å². The summed E-state index contributed by atoms with van der Waals surface area (Å²) in [7, 11) is 2.22. The maximum absolute atomic E-state index is 5.34. The molecule has 1 fully saturated rings. The Morgan fingerprint density at radius 1 is 1.59 bits per heavy atom. The average Bonchev–Trinajstić information content (AvgIpc) is 2.77. The quantitative estimate of drug-likeness (QED) is 0.640. The lowest BCUT2D eigenvalue weighted by Crippen LogP contribution is -2.34. The van der Waals surface area contributed by atoms with Crippen LogP contribution in [0.3, 0.4) is 0 Å². The molecule has 1 aliphatic rings. The fourth-order valence-corrected chi connectivity index (χ4v) is 3.41. The molecule has 0 bridgehead atoms. The summed E-state index contributed by atoms with van der Waals surface area (Å²) in [6, 6.07) is 0.732. The van der Waals surface area contributed by atoms with E-state index in [9.17, 15) is 0 Å². The largest absolute Gasteiger partial charge is 0.300 e. The minimum Gasteiger partial charge on any atom is -0.300 e. The maximum Gasteiger partial charge on any atom is 0.197 e. The van der Waals surface area contributed by atoms with Crippen molar-refractivity contribution >= 4 is 16.5 Å².